The van der Waals surface area contributed by atoms with Crippen molar-refractivity contribution in [2.24, 2.45) is 0 Å². The molecule has 0 aliphatic heterocycles. The van der Waals surface area contributed by atoms with Crippen LogP contribution in [0.1, 0.15) is 29.7 Å². The second-order valence-corrected chi connectivity index (χ2v) is 4.79. The molecule has 2 aromatic rings. The maximum Gasteiger partial charge on any atom is 0.134 e. The van der Waals surface area contributed by atoms with Gasteiger partial charge in [-0.3, -0.25) is 4.79 Å². The van der Waals surface area contributed by atoms with E-state index in [1.807, 2.05) is 42.5 Å². The van der Waals surface area contributed by atoms with Crippen molar-refractivity contribution < 1.29 is 9.90 Å². The van der Waals surface area contributed by atoms with Crippen molar-refractivity contribution in [2.75, 3.05) is 0 Å². The summed E-state index contributed by atoms with van der Waals surface area (Å²) in [7, 11) is 0. The molecule has 1 aliphatic carbocycles. The normalized spacial score (nSPS) is 16.2. The summed E-state index contributed by atoms with van der Waals surface area (Å²) in [5.41, 5.74) is 5.00. The molecule has 0 fully saturated rings. The van der Waals surface area contributed by atoms with Crippen LogP contribution >= 0.6 is 0 Å². The fourth-order valence-electron chi connectivity index (χ4n) is 2.63. The van der Waals surface area contributed by atoms with Crippen LogP contribution in [-0.4, -0.2) is 10.9 Å². The molecule has 2 aromatic carbocycles. The number of benzene rings is 2. The predicted octanol–water partition coefficient (Wildman–Crippen LogP) is 2.88. The topological polar surface area (TPSA) is 37.3 Å². The number of carbonyl (C=O) groups excluding carboxylic acids is 1. The molecular weight excluding hydrogens is 224 g/mol. The van der Waals surface area contributed by atoms with Gasteiger partial charge in [0.1, 0.15) is 11.9 Å². The number of Topliss-reactive ketones (excluding diaryl/α,β-unsaturated/α-hetero) is 1. The van der Waals surface area contributed by atoms with Gasteiger partial charge in [-0.25, -0.2) is 0 Å². The SMILES string of the molecule is CC(=O)Cc1ccc2c(c1)C(O)c1ccccc1-2. The van der Waals surface area contributed by atoms with Crippen molar-refractivity contribution in [3.05, 3.63) is 59.2 Å². The molecular formula is C16H14O2. The maximum atomic E-state index is 11.2. The van der Waals surface area contributed by atoms with E-state index in [9.17, 15) is 9.90 Å². The largest absolute Gasteiger partial charge is 0.384 e. The van der Waals surface area contributed by atoms with Crippen molar-refractivity contribution >= 4 is 5.78 Å². The second kappa shape index (κ2) is 4.07. The Hall–Kier alpha value is -1.93. The van der Waals surface area contributed by atoms with Crippen molar-refractivity contribution in [2.45, 2.75) is 19.4 Å². The molecule has 0 heterocycles. The van der Waals surface area contributed by atoms with Crippen LogP contribution in [0.3, 0.4) is 0 Å². The Labute approximate surface area is 106 Å². The third kappa shape index (κ3) is 1.66. The van der Waals surface area contributed by atoms with Crippen LogP contribution in [0.5, 0.6) is 0 Å². The second-order valence-electron chi connectivity index (χ2n) is 4.79. The van der Waals surface area contributed by atoms with E-state index in [0.29, 0.717) is 6.42 Å². The van der Waals surface area contributed by atoms with Gasteiger partial charge in [-0.05, 0) is 34.7 Å². The van der Waals surface area contributed by atoms with Crippen LogP contribution in [-0.2, 0) is 11.2 Å². The van der Waals surface area contributed by atoms with Gasteiger partial charge in [-0.2, -0.15) is 0 Å². The van der Waals surface area contributed by atoms with E-state index >= 15 is 0 Å². The van der Waals surface area contributed by atoms with Gasteiger partial charge in [0.2, 0.25) is 0 Å². The van der Waals surface area contributed by atoms with Gasteiger partial charge in [0.05, 0.1) is 0 Å². The highest BCUT2D eigenvalue weighted by Crippen LogP contribution is 2.43. The molecule has 1 unspecified atom stereocenters. The molecule has 0 bridgehead atoms. The van der Waals surface area contributed by atoms with E-state index in [4.69, 9.17) is 0 Å². The Bertz CT molecular complexity index is 629. The Kier molecular flexibility index (Phi) is 2.53. The minimum Gasteiger partial charge on any atom is -0.384 e. The van der Waals surface area contributed by atoms with Crippen molar-refractivity contribution in [3.63, 3.8) is 0 Å². The molecule has 1 N–H and O–H groups in total. The van der Waals surface area contributed by atoms with Gasteiger partial charge in [0.25, 0.3) is 0 Å². The van der Waals surface area contributed by atoms with Gasteiger partial charge in [0, 0.05) is 6.42 Å². The van der Waals surface area contributed by atoms with Crippen molar-refractivity contribution in [3.8, 4) is 11.1 Å². The van der Waals surface area contributed by atoms with E-state index < -0.39 is 6.10 Å². The molecule has 0 saturated carbocycles. The standard InChI is InChI=1S/C16H14O2/c1-10(17)8-11-6-7-13-12-4-2-3-5-14(12)16(18)15(13)9-11/h2-7,9,16,18H,8H2,1H3. The highest BCUT2D eigenvalue weighted by Gasteiger charge is 2.26. The first-order valence-electron chi connectivity index (χ1n) is 6.06. The van der Waals surface area contributed by atoms with E-state index in [1.54, 1.807) is 6.92 Å². The molecule has 2 nitrogen and oxygen atoms in total. The van der Waals surface area contributed by atoms with E-state index in [1.165, 1.54) is 0 Å². The highest BCUT2D eigenvalue weighted by atomic mass is 16.3. The highest BCUT2D eigenvalue weighted by molar-refractivity contribution is 5.81. The minimum atomic E-state index is -0.567. The monoisotopic (exact) mass is 238 g/mol. The lowest BCUT2D eigenvalue weighted by atomic mass is 10.0. The van der Waals surface area contributed by atoms with Gasteiger partial charge in [0.15, 0.2) is 0 Å². The van der Waals surface area contributed by atoms with Crippen LogP contribution in [0, 0.1) is 0 Å². The summed E-state index contributed by atoms with van der Waals surface area (Å²) in [5.74, 6) is 0.139. The summed E-state index contributed by atoms with van der Waals surface area (Å²) >= 11 is 0. The van der Waals surface area contributed by atoms with Crippen LogP contribution < -0.4 is 0 Å². The van der Waals surface area contributed by atoms with Gasteiger partial charge in [-0.15, -0.1) is 0 Å². The van der Waals surface area contributed by atoms with Crippen molar-refractivity contribution in [1.29, 1.82) is 0 Å². The molecule has 1 aliphatic rings. The summed E-state index contributed by atoms with van der Waals surface area (Å²) < 4.78 is 0. The molecule has 18 heavy (non-hydrogen) atoms. The van der Waals surface area contributed by atoms with E-state index in [-0.39, 0.29) is 5.78 Å². The summed E-state index contributed by atoms with van der Waals surface area (Å²) in [6.07, 6.45) is -0.140. The minimum absolute atomic E-state index is 0.139. The lowest BCUT2D eigenvalue weighted by Crippen LogP contribution is -1.99. The Morgan fingerprint density at radius 3 is 2.61 bits per heavy atom. The Morgan fingerprint density at radius 1 is 1.11 bits per heavy atom. The molecule has 2 heteroatoms. The molecule has 1 atom stereocenters. The first-order chi connectivity index (χ1) is 8.66. The summed E-state index contributed by atoms with van der Waals surface area (Å²) in [4.78, 5) is 11.2. The van der Waals surface area contributed by atoms with Gasteiger partial charge < -0.3 is 5.11 Å². The molecule has 0 saturated heterocycles. The molecule has 90 valence electrons. The third-order valence-electron chi connectivity index (χ3n) is 3.41. The number of hydrogen-bond donors (Lipinski definition) is 1. The zero-order valence-electron chi connectivity index (χ0n) is 10.2. The van der Waals surface area contributed by atoms with Crippen LogP contribution in [0.4, 0.5) is 0 Å². The quantitative estimate of drug-likeness (QED) is 0.873. The fraction of sp³-hybridized carbons (Fsp3) is 0.188. The molecule has 0 aromatic heterocycles. The maximum absolute atomic E-state index is 11.2. The molecule has 0 radical (unpaired) electrons. The molecule has 0 amide bonds. The first-order valence-corrected chi connectivity index (χ1v) is 6.06. The van der Waals surface area contributed by atoms with E-state index in [0.717, 1.165) is 27.8 Å². The van der Waals surface area contributed by atoms with Crippen LogP contribution in [0.2, 0.25) is 0 Å². The fourth-order valence-corrected chi connectivity index (χ4v) is 2.63. The van der Waals surface area contributed by atoms with Crippen LogP contribution in [0.15, 0.2) is 42.5 Å². The number of ketones is 1. The predicted molar refractivity (Wildman–Crippen MR) is 70.3 cm³/mol. The summed E-state index contributed by atoms with van der Waals surface area (Å²) in [6.45, 7) is 1.58. The number of aliphatic hydroxyl groups excluding tert-OH is 1. The van der Waals surface area contributed by atoms with Crippen LogP contribution in [0.25, 0.3) is 11.1 Å². The number of carbonyl (C=O) groups is 1. The lowest BCUT2D eigenvalue weighted by molar-refractivity contribution is -0.116. The zero-order valence-corrected chi connectivity index (χ0v) is 10.2. The third-order valence-corrected chi connectivity index (χ3v) is 3.41. The van der Waals surface area contributed by atoms with E-state index in [2.05, 4.69) is 0 Å². The molecule has 3 rings (SSSR count). The smallest absolute Gasteiger partial charge is 0.134 e. The van der Waals surface area contributed by atoms with Gasteiger partial charge >= 0.3 is 0 Å². The summed E-state index contributed by atoms with van der Waals surface area (Å²) in [6, 6.07) is 13.8. The number of fused-ring (bicyclic) bond motifs is 3. The first kappa shape index (κ1) is 11.2. The Morgan fingerprint density at radius 2 is 1.83 bits per heavy atom. The lowest BCUT2D eigenvalue weighted by Gasteiger charge is -2.07. The zero-order chi connectivity index (χ0) is 12.7. The number of hydrogen-bond acceptors (Lipinski definition) is 2. The number of aliphatic hydroxyl groups is 1. The Balaban J connectivity index is 2.10. The summed E-state index contributed by atoms with van der Waals surface area (Å²) in [5, 5.41) is 10.3. The number of rotatable bonds is 2. The molecule has 0 spiro atoms. The average Bonchev–Trinajstić information content (AvgIpc) is 2.63. The average molecular weight is 238 g/mol. The van der Waals surface area contributed by atoms with Gasteiger partial charge in [-0.1, -0.05) is 42.5 Å². The van der Waals surface area contributed by atoms with Crippen molar-refractivity contribution in [1.82, 2.24) is 0 Å².